The first-order chi connectivity index (χ1) is 6.35. The number of nitrogens with zero attached hydrogens (tertiary/aromatic N) is 2. The molecule has 4 heteroatoms. The number of aromatic nitrogens is 1. The summed E-state index contributed by atoms with van der Waals surface area (Å²) in [4.78, 5) is 14.5. The Morgan fingerprint density at radius 1 is 1.54 bits per heavy atom. The molecule has 1 aromatic carbocycles. The van der Waals surface area contributed by atoms with Crippen molar-refractivity contribution in [2.45, 2.75) is 13.3 Å². The number of benzene rings is 1. The number of nitroso groups, excluding NO2 is 1. The van der Waals surface area contributed by atoms with E-state index in [1.165, 1.54) is 0 Å². The topological polar surface area (TPSA) is 55.5 Å². The summed E-state index contributed by atoms with van der Waals surface area (Å²) >= 11 is 0. The highest BCUT2D eigenvalue weighted by atomic mass is 16.3. The standard InChI is InChI=1S/C9H8N2O2/c1-2-8-10-9-6(11-12)4-3-5-7(9)13-8/h3-5H,2H2,1H3. The van der Waals surface area contributed by atoms with E-state index in [1.54, 1.807) is 18.2 Å². The lowest BCUT2D eigenvalue weighted by molar-refractivity contribution is 0.538. The van der Waals surface area contributed by atoms with Crippen molar-refractivity contribution in [3.63, 3.8) is 0 Å². The zero-order valence-corrected chi connectivity index (χ0v) is 7.15. The Bertz CT molecular complexity index is 448. The van der Waals surface area contributed by atoms with Crippen molar-refractivity contribution in [2.75, 3.05) is 0 Å². The van der Waals surface area contributed by atoms with Crippen LogP contribution in [0.5, 0.6) is 0 Å². The Balaban J connectivity index is 2.74. The van der Waals surface area contributed by atoms with Gasteiger partial charge in [-0.25, -0.2) is 4.98 Å². The Hall–Kier alpha value is -1.71. The number of aryl methyl sites for hydroxylation is 1. The second-order valence-electron chi connectivity index (χ2n) is 2.68. The lowest BCUT2D eigenvalue weighted by Gasteiger charge is -1.86. The summed E-state index contributed by atoms with van der Waals surface area (Å²) in [7, 11) is 0. The lowest BCUT2D eigenvalue weighted by atomic mass is 10.3. The highest BCUT2D eigenvalue weighted by Gasteiger charge is 2.07. The maximum atomic E-state index is 10.4. The van der Waals surface area contributed by atoms with Gasteiger partial charge < -0.3 is 4.42 Å². The zero-order chi connectivity index (χ0) is 9.26. The van der Waals surface area contributed by atoms with Crippen LogP contribution < -0.4 is 0 Å². The van der Waals surface area contributed by atoms with E-state index in [9.17, 15) is 4.91 Å². The van der Waals surface area contributed by atoms with Gasteiger partial charge in [0.1, 0.15) is 11.2 Å². The summed E-state index contributed by atoms with van der Waals surface area (Å²) in [5, 5.41) is 2.87. The molecule has 0 saturated heterocycles. The first kappa shape index (κ1) is 7.91. The van der Waals surface area contributed by atoms with E-state index in [1.807, 2.05) is 6.92 Å². The Kier molecular flexibility index (Phi) is 1.81. The van der Waals surface area contributed by atoms with Gasteiger partial charge in [0.25, 0.3) is 0 Å². The first-order valence-corrected chi connectivity index (χ1v) is 4.07. The van der Waals surface area contributed by atoms with Gasteiger partial charge in [-0.15, -0.1) is 4.91 Å². The molecule has 0 bridgehead atoms. The Morgan fingerprint density at radius 3 is 3.08 bits per heavy atom. The van der Waals surface area contributed by atoms with E-state index in [0.717, 1.165) is 0 Å². The molecule has 0 radical (unpaired) electrons. The number of rotatable bonds is 2. The molecule has 0 unspecified atom stereocenters. The Morgan fingerprint density at radius 2 is 2.38 bits per heavy atom. The van der Waals surface area contributed by atoms with Gasteiger partial charge in [0, 0.05) is 6.42 Å². The molecule has 1 heterocycles. The summed E-state index contributed by atoms with van der Waals surface area (Å²) in [5.41, 5.74) is 1.50. The Labute approximate surface area is 74.6 Å². The van der Waals surface area contributed by atoms with Crippen LogP contribution in [0.3, 0.4) is 0 Å². The van der Waals surface area contributed by atoms with Crippen molar-refractivity contribution in [2.24, 2.45) is 5.18 Å². The third-order valence-corrected chi connectivity index (χ3v) is 1.84. The molecule has 2 rings (SSSR count). The quantitative estimate of drug-likeness (QED) is 0.661. The van der Waals surface area contributed by atoms with Crippen LogP contribution in [0.2, 0.25) is 0 Å². The fourth-order valence-corrected chi connectivity index (χ4v) is 1.20. The van der Waals surface area contributed by atoms with E-state index < -0.39 is 0 Å². The fraction of sp³-hybridized carbons (Fsp3) is 0.222. The van der Waals surface area contributed by atoms with Crippen LogP contribution in [0, 0.1) is 4.91 Å². The molecule has 0 aliphatic rings. The molecule has 0 fully saturated rings. The van der Waals surface area contributed by atoms with Crippen LogP contribution in [-0.4, -0.2) is 4.98 Å². The van der Waals surface area contributed by atoms with Crippen molar-refractivity contribution in [3.8, 4) is 0 Å². The molecule has 0 atom stereocenters. The minimum absolute atomic E-state index is 0.334. The predicted octanol–water partition coefficient (Wildman–Crippen LogP) is 2.79. The predicted molar refractivity (Wildman–Crippen MR) is 48.8 cm³/mol. The van der Waals surface area contributed by atoms with Gasteiger partial charge in [-0.2, -0.15) is 0 Å². The third-order valence-electron chi connectivity index (χ3n) is 1.84. The van der Waals surface area contributed by atoms with Crippen molar-refractivity contribution in [1.29, 1.82) is 0 Å². The summed E-state index contributed by atoms with van der Waals surface area (Å²) < 4.78 is 5.35. The molecule has 0 aliphatic heterocycles. The first-order valence-electron chi connectivity index (χ1n) is 4.07. The molecule has 1 aromatic heterocycles. The van der Waals surface area contributed by atoms with E-state index in [0.29, 0.717) is 29.1 Å². The molecule has 0 saturated carbocycles. The average Bonchev–Trinajstić information content (AvgIpc) is 2.59. The molecule has 4 nitrogen and oxygen atoms in total. The fourth-order valence-electron chi connectivity index (χ4n) is 1.20. The van der Waals surface area contributed by atoms with E-state index >= 15 is 0 Å². The van der Waals surface area contributed by atoms with Crippen molar-refractivity contribution in [1.82, 2.24) is 4.98 Å². The SMILES string of the molecule is CCc1nc2c(N=O)cccc2o1. The average molecular weight is 176 g/mol. The number of hydrogen-bond acceptors (Lipinski definition) is 4. The van der Waals surface area contributed by atoms with E-state index in [2.05, 4.69) is 10.2 Å². The van der Waals surface area contributed by atoms with Gasteiger partial charge in [-0.05, 0) is 17.3 Å². The van der Waals surface area contributed by atoms with Crippen LogP contribution >= 0.6 is 0 Å². The minimum atomic E-state index is 0.334. The summed E-state index contributed by atoms with van der Waals surface area (Å²) in [6.45, 7) is 1.94. The van der Waals surface area contributed by atoms with Crippen LogP contribution in [0.4, 0.5) is 5.69 Å². The highest BCUT2D eigenvalue weighted by molar-refractivity contribution is 5.84. The summed E-state index contributed by atoms with van der Waals surface area (Å²) in [6, 6.07) is 5.12. The molecule has 13 heavy (non-hydrogen) atoms. The molecule has 2 aromatic rings. The molecule has 0 amide bonds. The van der Waals surface area contributed by atoms with Crippen LogP contribution in [0.15, 0.2) is 27.8 Å². The third kappa shape index (κ3) is 1.20. The van der Waals surface area contributed by atoms with Crippen molar-refractivity contribution >= 4 is 16.8 Å². The van der Waals surface area contributed by atoms with Gasteiger partial charge in [-0.1, -0.05) is 13.0 Å². The van der Waals surface area contributed by atoms with E-state index in [4.69, 9.17) is 4.42 Å². The smallest absolute Gasteiger partial charge is 0.195 e. The molecular formula is C9H8N2O2. The van der Waals surface area contributed by atoms with Gasteiger partial charge in [0.2, 0.25) is 0 Å². The van der Waals surface area contributed by atoms with Crippen LogP contribution in [-0.2, 0) is 6.42 Å². The number of hydrogen-bond donors (Lipinski definition) is 0. The molecule has 66 valence electrons. The molecule has 0 N–H and O–H groups in total. The monoisotopic (exact) mass is 176 g/mol. The summed E-state index contributed by atoms with van der Waals surface area (Å²) in [5.74, 6) is 0.631. The maximum Gasteiger partial charge on any atom is 0.195 e. The molecule has 0 spiro atoms. The van der Waals surface area contributed by atoms with Gasteiger partial charge in [0.15, 0.2) is 11.5 Å². The van der Waals surface area contributed by atoms with Crippen molar-refractivity contribution < 1.29 is 4.42 Å². The molecule has 0 aliphatic carbocycles. The van der Waals surface area contributed by atoms with Gasteiger partial charge in [-0.3, -0.25) is 0 Å². The lowest BCUT2D eigenvalue weighted by Crippen LogP contribution is -1.75. The van der Waals surface area contributed by atoms with Crippen molar-refractivity contribution in [3.05, 3.63) is 29.0 Å². The minimum Gasteiger partial charge on any atom is -0.441 e. The zero-order valence-electron chi connectivity index (χ0n) is 7.15. The number of para-hydroxylation sites is 1. The normalized spacial score (nSPS) is 10.5. The van der Waals surface area contributed by atoms with Gasteiger partial charge in [0.05, 0.1) is 0 Å². The van der Waals surface area contributed by atoms with Crippen LogP contribution in [0.25, 0.3) is 11.1 Å². The number of fused-ring (bicyclic) bond motifs is 1. The second-order valence-corrected chi connectivity index (χ2v) is 2.68. The van der Waals surface area contributed by atoms with Crippen LogP contribution in [0.1, 0.15) is 12.8 Å². The maximum absolute atomic E-state index is 10.4. The van der Waals surface area contributed by atoms with E-state index in [-0.39, 0.29) is 0 Å². The number of oxazole rings is 1. The second kappa shape index (κ2) is 2.97. The largest absolute Gasteiger partial charge is 0.441 e. The molecular weight excluding hydrogens is 168 g/mol. The summed E-state index contributed by atoms with van der Waals surface area (Å²) in [6.07, 6.45) is 0.715. The van der Waals surface area contributed by atoms with Gasteiger partial charge >= 0.3 is 0 Å². The highest BCUT2D eigenvalue weighted by Crippen LogP contribution is 2.25.